The molecule has 0 aliphatic carbocycles. The van der Waals surface area contributed by atoms with Gasteiger partial charge in [0.25, 0.3) is 0 Å². The van der Waals surface area contributed by atoms with Crippen LogP contribution in [0, 0.1) is 0 Å². The van der Waals surface area contributed by atoms with E-state index in [1.165, 1.54) is 24.5 Å². The van der Waals surface area contributed by atoms with E-state index in [2.05, 4.69) is 109 Å². The highest BCUT2D eigenvalue weighted by molar-refractivity contribution is 8.04. The highest BCUT2D eigenvalue weighted by atomic mass is 32.2. The molecular formula is C29H24B2F8O2S2. The highest BCUT2D eigenvalue weighted by Crippen LogP contribution is 2.50. The summed E-state index contributed by atoms with van der Waals surface area (Å²) >= 11 is 0. The van der Waals surface area contributed by atoms with Crippen LogP contribution in [0.25, 0.3) is 0 Å². The van der Waals surface area contributed by atoms with Gasteiger partial charge < -0.3 is 44.0 Å². The van der Waals surface area contributed by atoms with Gasteiger partial charge >= 0.3 is 14.5 Å². The van der Waals surface area contributed by atoms with Crippen LogP contribution in [0.5, 0.6) is 23.0 Å². The molecule has 14 heteroatoms. The number of halogens is 8. The second-order valence-electron chi connectivity index (χ2n) is 8.96. The maximum Gasteiger partial charge on any atom is 0.673 e. The fraction of sp³-hybridized carbons (Fsp3) is 0.103. The largest absolute Gasteiger partial charge is 0.673 e. The third kappa shape index (κ3) is 8.99. The minimum absolute atomic E-state index is 0.185. The number of rotatable bonds is 4. The lowest BCUT2D eigenvalue weighted by Gasteiger charge is -2.21. The molecule has 0 radical (unpaired) electrons. The van der Waals surface area contributed by atoms with Gasteiger partial charge in [0.15, 0.2) is 33.3 Å². The average molecular weight is 642 g/mol. The Kier molecular flexibility index (Phi) is 10.4. The quantitative estimate of drug-likeness (QED) is 0.125. The molecule has 0 saturated carbocycles. The summed E-state index contributed by atoms with van der Waals surface area (Å²) in [7, 11) is -12.4. The van der Waals surface area contributed by atoms with Gasteiger partial charge in [0.1, 0.15) is 21.8 Å². The van der Waals surface area contributed by atoms with Crippen molar-refractivity contribution >= 4 is 36.3 Å². The van der Waals surface area contributed by atoms with Gasteiger partial charge in [-0.05, 0) is 55.0 Å². The number of fused-ring (bicyclic) bond motifs is 4. The number of benzene rings is 4. The maximum absolute atomic E-state index is 9.75. The Labute approximate surface area is 249 Å². The lowest BCUT2D eigenvalue weighted by atomic mass is 10.3. The highest BCUT2D eigenvalue weighted by Gasteiger charge is 2.44. The molecule has 2 heterocycles. The van der Waals surface area contributed by atoms with E-state index in [0.717, 1.165) is 35.8 Å². The summed E-state index contributed by atoms with van der Waals surface area (Å²) in [5, 5.41) is 2.53. The Bertz CT molecular complexity index is 1470. The molecule has 0 aromatic heterocycles. The van der Waals surface area contributed by atoms with Gasteiger partial charge in [-0.2, -0.15) is 0 Å². The van der Waals surface area contributed by atoms with Crippen LogP contribution in [0.4, 0.5) is 34.5 Å². The van der Waals surface area contributed by atoms with Crippen molar-refractivity contribution in [1.82, 2.24) is 0 Å². The summed E-state index contributed by atoms with van der Waals surface area (Å²) in [6.45, 7) is 2.27. The SMILES string of the molecule is CCC/C(=C\[S+]1c2ccccc2Oc2ccccc21)[S+]1c2ccccc2Oc2ccccc21.F[B-](F)(F)F.F[B-](F)(F)F. The fourth-order valence-electron chi connectivity index (χ4n) is 4.31. The molecule has 2 nitrogen and oxygen atoms in total. The normalized spacial score (nSPS) is 14.2. The molecule has 0 N–H and O–H groups in total. The lowest BCUT2D eigenvalue weighted by molar-refractivity contribution is 0.366. The molecule has 4 aromatic carbocycles. The molecule has 0 spiro atoms. The third-order valence-electron chi connectivity index (χ3n) is 5.76. The van der Waals surface area contributed by atoms with Crippen LogP contribution in [-0.4, -0.2) is 14.5 Å². The summed E-state index contributed by atoms with van der Waals surface area (Å²) in [6.07, 6.45) is 2.14. The van der Waals surface area contributed by atoms with E-state index in [-0.39, 0.29) is 21.8 Å². The maximum atomic E-state index is 9.75. The second-order valence-corrected chi connectivity index (χ2v) is 12.8. The van der Waals surface area contributed by atoms with Crippen molar-refractivity contribution in [2.24, 2.45) is 0 Å². The molecule has 2 aliphatic rings. The van der Waals surface area contributed by atoms with Crippen molar-refractivity contribution in [3.8, 4) is 23.0 Å². The van der Waals surface area contributed by atoms with Crippen LogP contribution in [-0.2, 0) is 21.8 Å². The molecule has 6 rings (SSSR count). The van der Waals surface area contributed by atoms with E-state index in [1.54, 1.807) is 0 Å². The second kappa shape index (κ2) is 13.9. The van der Waals surface area contributed by atoms with Gasteiger partial charge in [-0.1, -0.05) is 55.5 Å². The smallest absolute Gasteiger partial charge is 0.447 e. The molecule has 0 amide bonds. The predicted octanol–water partition coefficient (Wildman–Crippen LogP) is 10.9. The first kappa shape index (κ1) is 32.4. The fourth-order valence-corrected chi connectivity index (χ4v) is 9.22. The molecule has 43 heavy (non-hydrogen) atoms. The molecule has 0 bridgehead atoms. The number of ether oxygens (including phenoxy) is 2. The van der Waals surface area contributed by atoms with Gasteiger partial charge in [-0.3, -0.25) is 0 Å². The first-order valence-corrected chi connectivity index (χ1v) is 15.5. The van der Waals surface area contributed by atoms with Crippen molar-refractivity contribution in [2.45, 2.75) is 39.3 Å². The van der Waals surface area contributed by atoms with Crippen LogP contribution in [0.2, 0.25) is 0 Å². The summed E-state index contributed by atoms with van der Waals surface area (Å²) in [5.74, 6) is 3.86. The monoisotopic (exact) mass is 642 g/mol. The Balaban J connectivity index is 0.000000369. The van der Waals surface area contributed by atoms with Crippen molar-refractivity contribution < 1.29 is 44.0 Å². The Hall–Kier alpha value is -3.51. The van der Waals surface area contributed by atoms with Gasteiger partial charge in [0.05, 0.1) is 0 Å². The minimum Gasteiger partial charge on any atom is -0.447 e. The molecule has 0 fully saturated rings. The van der Waals surface area contributed by atoms with Crippen molar-refractivity contribution in [3.05, 3.63) is 107 Å². The van der Waals surface area contributed by atoms with Gasteiger partial charge in [-0.15, -0.1) is 0 Å². The van der Waals surface area contributed by atoms with Gasteiger partial charge in [0, 0.05) is 6.42 Å². The van der Waals surface area contributed by atoms with Crippen LogP contribution in [0.3, 0.4) is 0 Å². The van der Waals surface area contributed by atoms with Crippen LogP contribution >= 0.6 is 0 Å². The van der Waals surface area contributed by atoms with Crippen molar-refractivity contribution in [3.63, 3.8) is 0 Å². The first-order chi connectivity index (χ1) is 20.3. The summed E-state index contributed by atoms with van der Waals surface area (Å²) in [6, 6.07) is 33.9. The standard InChI is InChI=1S/C29H24O2S2.2BF4/c1-2-11-21(33-28-18-9-5-14-24(28)31-25-15-6-10-19-29(25)33)20-32-26-16-7-3-12-22(26)30-23-13-4-8-17-27(23)32;2*2-1(3,4)5/h3-10,12-20H,2,11H2,1H3;;/q+2;2*-1/b21-20+;;. The van der Waals surface area contributed by atoms with Gasteiger partial charge in [-0.25, -0.2) is 0 Å². The molecule has 226 valence electrons. The molecule has 0 unspecified atom stereocenters. The summed E-state index contributed by atoms with van der Waals surface area (Å²) < 4.78 is 90.6. The third-order valence-corrected chi connectivity index (χ3v) is 10.5. The van der Waals surface area contributed by atoms with E-state index in [1.807, 2.05) is 0 Å². The first-order valence-electron chi connectivity index (χ1n) is 13.0. The number of hydrogen-bond acceptors (Lipinski definition) is 2. The number of allylic oxidation sites excluding steroid dienone is 1. The van der Waals surface area contributed by atoms with E-state index < -0.39 is 14.5 Å². The zero-order valence-electron chi connectivity index (χ0n) is 22.5. The number of hydrogen-bond donors (Lipinski definition) is 0. The molecule has 4 aromatic rings. The van der Waals surface area contributed by atoms with Gasteiger partial charge in [0.2, 0.25) is 19.6 Å². The lowest BCUT2D eigenvalue weighted by Crippen LogP contribution is -2.16. The van der Waals surface area contributed by atoms with Crippen LogP contribution in [0.15, 0.2) is 127 Å². The van der Waals surface area contributed by atoms with Crippen LogP contribution in [0.1, 0.15) is 19.8 Å². The number of para-hydroxylation sites is 4. The van der Waals surface area contributed by atoms with E-state index in [4.69, 9.17) is 9.47 Å². The zero-order chi connectivity index (χ0) is 31.2. The Morgan fingerprint density at radius 1 is 0.558 bits per heavy atom. The summed E-state index contributed by atoms with van der Waals surface area (Å²) in [4.78, 5) is 6.52. The average Bonchev–Trinajstić information content (AvgIpc) is 2.93. The molecule has 0 saturated heterocycles. The van der Waals surface area contributed by atoms with Crippen molar-refractivity contribution in [2.75, 3.05) is 0 Å². The zero-order valence-corrected chi connectivity index (χ0v) is 24.2. The van der Waals surface area contributed by atoms with E-state index in [9.17, 15) is 34.5 Å². The minimum atomic E-state index is -6.00. The molecular weight excluding hydrogens is 618 g/mol. The Morgan fingerprint density at radius 3 is 1.21 bits per heavy atom. The van der Waals surface area contributed by atoms with Crippen molar-refractivity contribution in [1.29, 1.82) is 0 Å². The molecule has 2 aliphatic heterocycles. The van der Waals surface area contributed by atoms with E-state index >= 15 is 0 Å². The predicted molar refractivity (Wildman–Crippen MR) is 157 cm³/mol. The van der Waals surface area contributed by atoms with Crippen LogP contribution < -0.4 is 9.47 Å². The van der Waals surface area contributed by atoms with E-state index in [0.29, 0.717) is 0 Å². The topological polar surface area (TPSA) is 18.5 Å². The Morgan fingerprint density at radius 2 is 0.860 bits per heavy atom. The summed E-state index contributed by atoms with van der Waals surface area (Å²) in [5.41, 5.74) is 0. The molecule has 0 atom stereocenters.